The minimum absolute atomic E-state index is 0.487. The van der Waals surface area contributed by atoms with Gasteiger partial charge in [-0.25, -0.2) is 0 Å². The molecule has 0 amide bonds. The van der Waals surface area contributed by atoms with Crippen molar-refractivity contribution in [1.82, 2.24) is 0 Å². The number of hydrogen-bond donors (Lipinski definition) is 1. The Morgan fingerprint density at radius 3 is 2.50 bits per heavy atom. The molecule has 0 radical (unpaired) electrons. The molecule has 0 aromatic heterocycles. The van der Waals surface area contributed by atoms with Crippen molar-refractivity contribution >= 4 is 46.2 Å². The summed E-state index contributed by atoms with van der Waals surface area (Å²) in [6.45, 7) is 2.25. The molecule has 0 saturated heterocycles. The first-order valence-corrected chi connectivity index (χ1v) is 7.15. The number of rotatable bonds is 2. The Labute approximate surface area is 122 Å². The molecule has 0 unspecified atom stereocenters. The molecule has 0 heterocycles. The molecular weight excluding hydrogens is 291 g/mol. The third-order valence-corrected chi connectivity index (χ3v) is 3.89. The number of benzene rings is 1. The third-order valence-electron chi connectivity index (χ3n) is 3.08. The topological polar surface area (TPSA) is 24.4 Å². The van der Waals surface area contributed by atoms with Crippen molar-refractivity contribution in [3.63, 3.8) is 0 Å². The van der Waals surface area contributed by atoms with Gasteiger partial charge in [-0.05, 0) is 43.7 Å². The van der Waals surface area contributed by atoms with Gasteiger partial charge in [0, 0.05) is 10.7 Å². The van der Waals surface area contributed by atoms with Crippen molar-refractivity contribution < 1.29 is 0 Å². The van der Waals surface area contributed by atoms with Gasteiger partial charge in [-0.3, -0.25) is 5.43 Å². The van der Waals surface area contributed by atoms with Crippen molar-refractivity contribution in [3.8, 4) is 0 Å². The normalized spacial score (nSPS) is 22.2. The van der Waals surface area contributed by atoms with E-state index in [-0.39, 0.29) is 0 Å². The fourth-order valence-corrected chi connectivity index (χ4v) is 3.05. The van der Waals surface area contributed by atoms with Crippen LogP contribution in [0.1, 0.15) is 32.6 Å². The highest BCUT2D eigenvalue weighted by atomic mass is 35.5. The van der Waals surface area contributed by atoms with E-state index >= 15 is 0 Å². The van der Waals surface area contributed by atoms with Gasteiger partial charge < -0.3 is 0 Å². The first-order valence-electron chi connectivity index (χ1n) is 6.02. The molecule has 0 aliphatic heterocycles. The van der Waals surface area contributed by atoms with Gasteiger partial charge in [0.15, 0.2) is 0 Å². The molecule has 1 aliphatic rings. The SMILES string of the molecule is C[C@H]1CCC/C(=N/Nc2c(Cl)cc(Cl)cc2Cl)C1. The van der Waals surface area contributed by atoms with Crippen LogP contribution < -0.4 is 5.43 Å². The molecule has 0 bridgehead atoms. The largest absolute Gasteiger partial charge is 0.276 e. The Hall–Kier alpha value is -0.440. The van der Waals surface area contributed by atoms with E-state index in [9.17, 15) is 0 Å². The lowest BCUT2D eigenvalue weighted by Gasteiger charge is -2.19. The van der Waals surface area contributed by atoms with Gasteiger partial charge >= 0.3 is 0 Å². The van der Waals surface area contributed by atoms with Gasteiger partial charge in [0.25, 0.3) is 0 Å². The number of anilines is 1. The van der Waals surface area contributed by atoms with Crippen LogP contribution in [0.3, 0.4) is 0 Å². The molecule has 98 valence electrons. The van der Waals surface area contributed by atoms with E-state index in [1.54, 1.807) is 12.1 Å². The average molecular weight is 306 g/mol. The third kappa shape index (κ3) is 3.53. The van der Waals surface area contributed by atoms with E-state index in [1.807, 2.05) is 0 Å². The molecule has 1 fully saturated rings. The highest BCUT2D eigenvalue weighted by Crippen LogP contribution is 2.34. The second-order valence-corrected chi connectivity index (χ2v) is 5.99. The second kappa shape index (κ2) is 6.14. The molecular formula is C13H15Cl3N2. The quantitative estimate of drug-likeness (QED) is 0.704. The van der Waals surface area contributed by atoms with E-state index in [4.69, 9.17) is 34.8 Å². The second-order valence-electron chi connectivity index (χ2n) is 4.74. The molecule has 0 spiro atoms. The highest BCUT2D eigenvalue weighted by molar-refractivity contribution is 6.41. The van der Waals surface area contributed by atoms with Crippen molar-refractivity contribution in [2.24, 2.45) is 11.0 Å². The van der Waals surface area contributed by atoms with E-state index in [0.29, 0.717) is 26.7 Å². The summed E-state index contributed by atoms with van der Waals surface area (Å²) in [4.78, 5) is 0. The Bertz CT molecular complexity index is 448. The molecule has 1 saturated carbocycles. The predicted octanol–water partition coefficient (Wildman–Crippen LogP) is 5.62. The summed E-state index contributed by atoms with van der Waals surface area (Å²) in [5.41, 5.74) is 4.76. The van der Waals surface area contributed by atoms with Crippen LogP contribution in [0.5, 0.6) is 0 Å². The van der Waals surface area contributed by atoms with Crippen molar-refractivity contribution in [2.75, 3.05) is 5.43 Å². The van der Waals surface area contributed by atoms with Crippen LogP contribution in [-0.2, 0) is 0 Å². The smallest absolute Gasteiger partial charge is 0.0935 e. The number of halogens is 3. The van der Waals surface area contributed by atoms with Gasteiger partial charge in [-0.1, -0.05) is 41.7 Å². The molecule has 1 aromatic carbocycles. The summed E-state index contributed by atoms with van der Waals surface area (Å²) >= 11 is 18.0. The average Bonchev–Trinajstić information content (AvgIpc) is 2.27. The van der Waals surface area contributed by atoms with Gasteiger partial charge in [0.1, 0.15) is 0 Å². The van der Waals surface area contributed by atoms with Crippen LogP contribution in [0.25, 0.3) is 0 Å². The minimum Gasteiger partial charge on any atom is -0.276 e. The molecule has 18 heavy (non-hydrogen) atoms. The monoisotopic (exact) mass is 304 g/mol. The zero-order valence-corrected chi connectivity index (χ0v) is 12.4. The molecule has 2 nitrogen and oxygen atoms in total. The number of hydrazone groups is 1. The Balaban J connectivity index is 2.12. The van der Waals surface area contributed by atoms with E-state index in [1.165, 1.54) is 18.6 Å². The number of nitrogens with one attached hydrogen (secondary N) is 1. The summed E-state index contributed by atoms with van der Waals surface area (Å²) in [5, 5.41) is 5.91. The summed E-state index contributed by atoms with van der Waals surface area (Å²) < 4.78 is 0. The van der Waals surface area contributed by atoms with Crippen LogP contribution in [0, 0.1) is 5.92 Å². The summed E-state index contributed by atoms with van der Waals surface area (Å²) in [6.07, 6.45) is 4.56. The van der Waals surface area contributed by atoms with Gasteiger partial charge in [0.05, 0.1) is 15.7 Å². The fourth-order valence-electron chi connectivity index (χ4n) is 2.15. The molecule has 2 rings (SSSR count). The molecule has 5 heteroatoms. The van der Waals surface area contributed by atoms with E-state index in [0.717, 1.165) is 12.8 Å². The van der Waals surface area contributed by atoms with E-state index in [2.05, 4.69) is 17.5 Å². The summed E-state index contributed by atoms with van der Waals surface area (Å²) in [5.74, 6) is 0.704. The van der Waals surface area contributed by atoms with Gasteiger partial charge in [-0.2, -0.15) is 5.10 Å². The first-order chi connectivity index (χ1) is 8.56. The first kappa shape index (κ1) is 14.0. The Morgan fingerprint density at radius 2 is 1.89 bits per heavy atom. The van der Waals surface area contributed by atoms with Crippen molar-refractivity contribution in [3.05, 3.63) is 27.2 Å². The van der Waals surface area contributed by atoms with Crippen LogP contribution in [0.4, 0.5) is 5.69 Å². The minimum atomic E-state index is 0.487. The maximum atomic E-state index is 6.08. The standard InChI is InChI=1S/C13H15Cl3N2/c1-8-3-2-4-10(5-8)17-18-13-11(15)6-9(14)7-12(13)16/h6-8,18H,2-5H2,1H3/b17-10-/t8-/m0/s1. The highest BCUT2D eigenvalue weighted by Gasteiger charge is 2.14. The summed E-state index contributed by atoms with van der Waals surface area (Å²) in [7, 11) is 0. The zero-order chi connectivity index (χ0) is 13.1. The lowest BCUT2D eigenvalue weighted by atomic mass is 9.89. The molecule has 1 N–H and O–H groups in total. The van der Waals surface area contributed by atoms with Gasteiger partial charge in [0.2, 0.25) is 0 Å². The van der Waals surface area contributed by atoms with Crippen LogP contribution in [0.2, 0.25) is 15.1 Å². The fraction of sp³-hybridized carbons (Fsp3) is 0.462. The molecule has 1 aromatic rings. The maximum Gasteiger partial charge on any atom is 0.0935 e. The van der Waals surface area contributed by atoms with Gasteiger partial charge in [-0.15, -0.1) is 0 Å². The zero-order valence-electron chi connectivity index (χ0n) is 10.1. The molecule has 1 aliphatic carbocycles. The number of hydrogen-bond acceptors (Lipinski definition) is 2. The summed E-state index contributed by atoms with van der Waals surface area (Å²) in [6, 6.07) is 3.31. The van der Waals surface area contributed by atoms with Crippen LogP contribution in [-0.4, -0.2) is 5.71 Å². The Morgan fingerprint density at radius 1 is 1.22 bits per heavy atom. The molecule has 1 atom stereocenters. The van der Waals surface area contributed by atoms with Crippen molar-refractivity contribution in [2.45, 2.75) is 32.6 Å². The van der Waals surface area contributed by atoms with E-state index < -0.39 is 0 Å². The van der Waals surface area contributed by atoms with Crippen LogP contribution in [0.15, 0.2) is 17.2 Å². The Kier molecular flexibility index (Phi) is 4.77. The van der Waals surface area contributed by atoms with Crippen LogP contribution >= 0.6 is 34.8 Å². The predicted molar refractivity (Wildman–Crippen MR) is 80.2 cm³/mol. The maximum absolute atomic E-state index is 6.08. The lowest BCUT2D eigenvalue weighted by Crippen LogP contribution is -2.14. The van der Waals surface area contributed by atoms with Crippen molar-refractivity contribution in [1.29, 1.82) is 0 Å². The lowest BCUT2D eigenvalue weighted by molar-refractivity contribution is 0.500. The number of nitrogens with zero attached hydrogens (tertiary/aromatic N) is 1.